The predicted octanol–water partition coefficient (Wildman–Crippen LogP) is 7.83. The number of hydrogen-bond donors (Lipinski definition) is 4. The van der Waals surface area contributed by atoms with Crippen LogP contribution in [0.3, 0.4) is 0 Å². The lowest BCUT2D eigenvalue weighted by atomic mass is 10.0. The molecule has 4 aromatic carbocycles. The van der Waals surface area contributed by atoms with E-state index in [1.165, 1.54) is 48.5 Å². The van der Waals surface area contributed by atoms with Crippen LogP contribution in [0.1, 0.15) is 67.9 Å². The molecule has 0 radical (unpaired) electrons. The third-order valence-electron chi connectivity index (χ3n) is 7.92. The number of carbonyl (C=O) groups excluding carboxylic acids is 2. The molecule has 2 aliphatic carbocycles. The summed E-state index contributed by atoms with van der Waals surface area (Å²) in [5.74, 6) is -3.03. The van der Waals surface area contributed by atoms with Crippen LogP contribution in [-0.4, -0.2) is 41.2 Å². The van der Waals surface area contributed by atoms with Gasteiger partial charge in [0.15, 0.2) is 0 Å². The van der Waals surface area contributed by atoms with Crippen molar-refractivity contribution in [3.63, 3.8) is 0 Å². The minimum absolute atomic E-state index is 0. The lowest BCUT2D eigenvalue weighted by Crippen LogP contribution is -2.26. The number of halogens is 8. The van der Waals surface area contributed by atoms with Crippen LogP contribution in [0, 0.1) is 23.3 Å². The predicted molar refractivity (Wildman–Crippen MR) is 204 cm³/mol. The van der Waals surface area contributed by atoms with E-state index in [1.807, 2.05) is 0 Å². The molecule has 292 valence electrons. The quantitative estimate of drug-likeness (QED) is 0.113. The van der Waals surface area contributed by atoms with Gasteiger partial charge in [0.1, 0.15) is 23.3 Å². The van der Waals surface area contributed by atoms with Crippen molar-refractivity contribution in [2.75, 3.05) is 23.1 Å². The molecule has 10 nitrogen and oxygen atoms in total. The number of fused-ring (bicyclic) bond motifs is 2. The van der Waals surface area contributed by atoms with Gasteiger partial charge in [-0.2, -0.15) is 0 Å². The van der Waals surface area contributed by atoms with Crippen molar-refractivity contribution in [1.82, 2.24) is 4.72 Å². The van der Waals surface area contributed by atoms with Crippen molar-refractivity contribution < 1.29 is 44.0 Å². The maximum Gasteiger partial charge on any atom is 0.255 e. The van der Waals surface area contributed by atoms with E-state index in [0.717, 1.165) is 24.6 Å². The minimum Gasteiger partial charge on any atom is -0.324 e. The van der Waals surface area contributed by atoms with Gasteiger partial charge < -0.3 is 16.4 Å². The van der Waals surface area contributed by atoms with Crippen molar-refractivity contribution in [2.24, 2.45) is 5.73 Å². The normalized spacial score (nSPS) is 15.7. The number of carbonyl (C=O) groups is 2. The van der Waals surface area contributed by atoms with Crippen LogP contribution in [0.25, 0.3) is 0 Å². The highest BCUT2D eigenvalue weighted by Crippen LogP contribution is 2.37. The molecule has 2 amide bonds. The van der Waals surface area contributed by atoms with Gasteiger partial charge in [-0.3, -0.25) is 9.59 Å². The Labute approximate surface area is 329 Å². The maximum absolute atomic E-state index is 14.3. The Morgan fingerprint density at radius 1 is 0.685 bits per heavy atom. The molecule has 0 spiro atoms. The number of benzene rings is 4. The largest absolute Gasteiger partial charge is 0.324 e. The number of hydrogen-bond acceptors (Lipinski definition) is 7. The molecule has 5 N–H and O–H groups in total. The van der Waals surface area contributed by atoms with Gasteiger partial charge in [0.25, 0.3) is 11.8 Å². The molecule has 2 atom stereocenters. The van der Waals surface area contributed by atoms with Crippen LogP contribution in [-0.2, 0) is 31.9 Å². The van der Waals surface area contributed by atoms with Crippen LogP contribution >= 0.6 is 46.3 Å². The summed E-state index contributed by atoms with van der Waals surface area (Å²) in [5, 5.41) is 5.01. The lowest BCUT2D eigenvalue weighted by Gasteiger charge is -2.15. The summed E-state index contributed by atoms with van der Waals surface area (Å²) in [5.41, 5.74) is 8.84. The molecule has 6 rings (SSSR count). The van der Waals surface area contributed by atoms with E-state index in [-0.39, 0.29) is 45.4 Å². The second-order valence-electron chi connectivity index (χ2n) is 11.9. The average Bonchev–Trinajstić information content (AvgIpc) is 3.64. The van der Waals surface area contributed by atoms with E-state index < -0.39 is 54.4 Å². The van der Waals surface area contributed by atoms with Crippen LogP contribution < -0.4 is 21.1 Å². The van der Waals surface area contributed by atoms with E-state index >= 15 is 0 Å². The maximum atomic E-state index is 14.3. The topological polar surface area (TPSA) is 165 Å². The van der Waals surface area contributed by atoms with Crippen LogP contribution in [0.4, 0.5) is 28.9 Å². The number of amides is 2. The Balaban J connectivity index is 0.000000256. The van der Waals surface area contributed by atoms with Crippen molar-refractivity contribution in [1.29, 1.82) is 0 Å². The first-order valence-corrected chi connectivity index (χ1v) is 20.8. The first-order valence-electron chi connectivity index (χ1n) is 15.4. The summed E-state index contributed by atoms with van der Waals surface area (Å²) in [4.78, 5) is 24.9. The van der Waals surface area contributed by atoms with Crippen molar-refractivity contribution in [3.05, 3.63) is 127 Å². The van der Waals surface area contributed by atoms with E-state index in [4.69, 9.17) is 28.9 Å². The smallest absolute Gasteiger partial charge is 0.255 e. The number of nitrogens with one attached hydrogen (secondary N) is 3. The monoisotopic (exact) mass is 872 g/mol. The standard InChI is InChI=1S/C17H15ClF2N2O3S.C16H13ClF2N2O.CH3ClO2S.ClH/c1-26(24,25)22-15-7-4-10-11(3-6-14(20)16(10)15)17(23)21-9-2-5-13(19)12(18)8-9;17-11-7-8(1-4-12(11)18)21-16(22)10-2-5-13(19)15-9(10)3-6-14(15)20;1-5(2,3)4;/h2-3,5-6,8,15,22H,4,7H2,1H3,(H,21,23);1-2,4-5,7,14H,3,6,20H2,(H,21,22);1H3;1H/t15-;14-;;/m00../s1. The fourth-order valence-electron chi connectivity index (χ4n) is 5.81. The zero-order valence-corrected chi connectivity index (χ0v) is 32.9. The summed E-state index contributed by atoms with van der Waals surface area (Å²) in [6.07, 6.45) is 3.80. The second-order valence-corrected chi connectivity index (χ2v) is 17.6. The molecule has 20 heteroatoms. The summed E-state index contributed by atoms with van der Waals surface area (Å²) >= 11 is 11.4. The second kappa shape index (κ2) is 18.4. The minimum atomic E-state index is -3.52. The van der Waals surface area contributed by atoms with Crippen LogP contribution in [0.15, 0.2) is 60.7 Å². The van der Waals surface area contributed by atoms with Gasteiger partial charge in [-0.15, -0.1) is 12.4 Å². The summed E-state index contributed by atoms with van der Waals surface area (Å²) in [6, 6.07) is 11.7. The highest BCUT2D eigenvalue weighted by Gasteiger charge is 2.32. The third-order valence-corrected chi connectivity index (χ3v) is 9.21. The Hall–Kier alpha value is -3.48. The molecule has 0 aromatic heterocycles. The molecule has 0 saturated carbocycles. The zero-order valence-electron chi connectivity index (χ0n) is 28.2. The highest BCUT2D eigenvalue weighted by atomic mass is 35.7. The molecule has 2 aliphatic rings. The molecule has 54 heavy (non-hydrogen) atoms. The van der Waals surface area contributed by atoms with E-state index in [2.05, 4.69) is 26.0 Å². The molecular formula is C34H32Cl4F4N4O6S2. The van der Waals surface area contributed by atoms with Gasteiger partial charge in [-0.05, 0) is 97.5 Å². The average molecular weight is 875 g/mol. The van der Waals surface area contributed by atoms with E-state index in [1.54, 1.807) is 0 Å². The van der Waals surface area contributed by atoms with E-state index in [9.17, 15) is 44.0 Å². The Morgan fingerprint density at radius 3 is 1.50 bits per heavy atom. The lowest BCUT2D eigenvalue weighted by molar-refractivity contribution is 0.101. The number of anilines is 2. The third kappa shape index (κ3) is 12.0. The van der Waals surface area contributed by atoms with Gasteiger partial charge in [-0.1, -0.05) is 23.2 Å². The van der Waals surface area contributed by atoms with Gasteiger partial charge in [0.05, 0.1) is 28.6 Å². The fraction of sp³-hybridized carbons (Fsp3) is 0.235. The first-order chi connectivity index (χ1) is 24.6. The summed E-state index contributed by atoms with van der Waals surface area (Å²) in [6.45, 7) is 0. The van der Waals surface area contributed by atoms with Crippen LogP contribution in [0.5, 0.6) is 0 Å². The fourth-order valence-corrected chi connectivity index (χ4v) is 6.93. The van der Waals surface area contributed by atoms with Crippen molar-refractivity contribution in [3.8, 4) is 0 Å². The zero-order chi connectivity index (χ0) is 39.4. The van der Waals surface area contributed by atoms with Crippen molar-refractivity contribution in [2.45, 2.75) is 37.8 Å². The van der Waals surface area contributed by atoms with Gasteiger partial charge >= 0.3 is 0 Å². The molecule has 0 fully saturated rings. The molecule has 0 bridgehead atoms. The molecule has 0 unspecified atom stereocenters. The number of rotatable bonds is 6. The first kappa shape index (κ1) is 44.9. The summed E-state index contributed by atoms with van der Waals surface area (Å²) < 4.78 is 98.6. The molecule has 0 heterocycles. The number of nitrogens with two attached hydrogens (primary N) is 1. The number of sulfonamides is 1. The Bertz CT molecular complexity index is 2300. The SMILES string of the molecule is CS(=O)(=O)Cl.CS(=O)(=O)N[C@H]1CCc2c(C(=O)Nc3ccc(F)c(Cl)c3)ccc(F)c21.Cl.N[C@H]1CCc2c(C(=O)Nc3ccc(F)c(Cl)c3)ccc(F)c21. The van der Waals surface area contributed by atoms with E-state index in [0.29, 0.717) is 59.3 Å². The Morgan fingerprint density at radius 2 is 1.07 bits per heavy atom. The summed E-state index contributed by atoms with van der Waals surface area (Å²) in [7, 11) is -2.22. The van der Waals surface area contributed by atoms with Gasteiger partial charge in [0, 0.05) is 50.4 Å². The molecule has 0 saturated heterocycles. The molecule has 0 aliphatic heterocycles. The molecule has 4 aromatic rings. The van der Waals surface area contributed by atoms with Crippen LogP contribution in [0.2, 0.25) is 10.0 Å². The van der Waals surface area contributed by atoms with Crippen molar-refractivity contribution >= 4 is 88.6 Å². The molecular weight excluding hydrogens is 842 g/mol. The Kier molecular flexibility index (Phi) is 15.3. The van der Waals surface area contributed by atoms with Gasteiger partial charge in [0.2, 0.25) is 19.1 Å². The van der Waals surface area contributed by atoms with Gasteiger partial charge in [-0.25, -0.2) is 39.1 Å². The highest BCUT2D eigenvalue weighted by molar-refractivity contribution is 8.13.